The normalized spacial score (nSPS) is 18.5. The molecule has 2 rings (SSSR count). The summed E-state index contributed by atoms with van der Waals surface area (Å²) in [6.45, 7) is 4.13. The van der Waals surface area contributed by atoms with Crippen molar-refractivity contribution in [3.63, 3.8) is 0 Å². The van der Waals surface area contributed by atoms with Crippen LogP contribution in [0, 0.1) is 5.41 Å². The molecule has 0 bridgehead atoms. The monoisotopic (exact) mass is 297 g/mol. The molecule has 2 nitrogen and oxygen atoms in total. The highest BCUT2D eigenvalue weighted by atomic mass is 79.9. The van der Waals surface area contributed by atoms with Crippen LogP contribution in [-0.2, 0) is 6.54 Å². The van der Waals surface area contributed by atoms with E-state index in [0.717, 1.165) is 23.1 Å². The molecule has 0 unspecified atom stereocenters. The molecule has 0 spiro atoms. The molecule has 0 atom stereocenters. The number of benzene rings is 1. The number of hydrogen-bond acceptors (Lipinski definition) is 2. The first-order valence-electron chi connectivity index (χ1n) is 6.27. The quantitative estimate of drug-likeness (QED) is 0.885. The maximum atomic E-state index is 9.73. The minimum atomic E-state index is 0.372. The van der Waals surface area contributed by atoms with Crippen molar-refractivity contribution < 1.29 is 5.11 Å². The Labute approximate surface area is 112 Å². The van der Waals surface area contributed by atoms with Crippen molar-refractivity contribution in [3.8, 4) is 5.75 Å². The highest BCUT2D eigenvalue weighted by Crippen LogP contribution is 2.36. The summed E-state index contributed by atoms with van der Waals surface area (Å²) in [7, 11) is 0. The van der Waals surface area contributed by atoms with Crippen molar-refractivity contribution in [3.05, 3.63) is 28.2 Å². The molecule has 0 saturated heterocycles. The van der Waals surface area contributed by atoms with Gasteiger partial charge in [0.05, 0.1) is 0 Å². The van der Waals surface area contributed by atoms with Crippen molar-refractivity contribution in [2.45, 2.75) is 39.2 Å². The summed E-state index contributed by atoms with van der Waals surface area (Å²) in [5, 5.41) is 13.2. The van der Waals surface area contributed by atoms with E-state index in [9.17, 15) is 5.11 Å². The Morgan fingerprint density at radius 2 is 2.06 bits per heavy atom. The zero-order valence-corrected chi connectivity index (χ0v) is 11.9. The van der Waals surface area contributed by atoms with Crippen molar-refractivity contribution in [1.29, 1.82) is 0 Å². The fourth-order valence-corrected chi connectivity index (χ4v) is 3.01. The van der Waals surface area contributed by atoms with E-state index in [1.54, 1.807) is 6.07 Å². The van der Waals surface area contributed by atoms with Crippen LogP contribution in [0.5, 0.6) is 5.75 Å². The molecule has 0 aromatic heterocycles. The van der Waals surface area contributed by atoms with Crippen LogP contribution in [0.3, 0.4) is 0 Å². The molecule has 1 saturated carbocycles. The van der Waals surface area contributed by atoms with E-state index < -0.39 is 0 Å². The molecule has 1 fully saturated rings. The summed E-state index contributed by atoms with van der Waals surface area (Å²) >= 11 is 3.43. The smallest absolute Gasteiger partial charge is 0.120 e. The van der Waals surface area contributed by atoms with Gasteiger partial charge in [-0.25, -0.2) is 0 Å². The fraction of sp³-hybridized carbons (Fsp3) is 0.571. The summed E-state index contributed by atoms with van der Waals surface area (Å²) in [5.74, 6) is 0.372. The van der Waals surface area contributed by atoms with E-state index in [1.807, 2.05) is 12.1 Å². The van der Waals surface area contributed by atoms with Gasteiger partial charge in [0.1, 0.15) is 5.75 Å². The van der Waals surface area contributed by atoms with Crippen LogP contribution in [0.25, 0.3) is 0 Å². The second-order valence-electron chi connectivity index (χ2n) is 5.39. The van der Waals surface area contributed by atoms with Crippen LogP contribution in [-0.4, -0.2) is 11.7 Å². The van der Waals surface area contributed by atoms with Crippen LogP contribution in [0.1, 0.15) is 38.2 Å². The van der Waals surface area contributed by atoms with Crippen molar-refractivity contribution >= 4 is 15.9 Å². The molecule has 1 aliphatic rings. The summed E-state index contributed by atoms with van der Waals surface area (Å²) in [5.41, 5.74) is 1.42. The topological polar surface area (TPSA) is 32.3 Å². The number of hydrogen-bond donors (Lipinski definition) is 2. The lowest BCUT2D eigenvalue weighted by molar-refractivity contribution is 0.313. The third-order valence-electron chi connectivity index (χ3n) is 3.72. The van der Waals surface area contributed by atoms with Crippen LogP contribution in [0.4, 0.5) is 0 Å². The largest absolute Gasteiger partial charge is 0.508 e. The van der Waals surface area contributed by atoms with Gasteiger partial charge in [-0.3, -0.25) is 0 Å². The second-order valence-corrected chi connectivity index (χ2v) is 6.31. The average Bonchev–Trinajstić information content (AvgIpc) is 2.71. The Bertz CT molecular complexity index is 386. The molecule has 17 heavy (non-hydrogen) atoms. The number of halogens is 1. The molecule has 0 heterocycles. The minimum absolute atomic E-state index is 0.372. The SMILES string of the molecule is CC1(CNCc2cc(Br)ccc2O)CCCC1. The average molecular weight is 298 g/mol. The van der Waals surface area contributed by atoms with E-state index in [-0.39, 0.29) is 0 Å². The molecular formula is C14H20BrNO. The van der Waals surface area contributed by atoms with Crippen LogP contribution < -0.4 is 5.32 Å². The zero-order chi connectivity index (χ0) is 12.3. The van der Waals surface area contributed by atoms with Crippen LogP contribution in [0.2, 0.25) is 0 Å². The lowest BCUT2D eigenvalue weighted by Gasteiger charge is -2.24. The van der Waals surface area contributed by atoms with E-state index in [2.05, 4.69) is 28.2 Å². The summed E-state index contributed by atoms with van der Waals surface area (Å²) < 4.78 is 1.01. The molecule has 2 N–H and O–H groups in total. The summed E-state index contributed by atoms with van der Waals surface area (Å²) in [6.07, 6.45) is 5.37. The zero-order valence-electron chi connectivity index (χ0n) is 10.3. The molecule has 3 heteroatoms. The Hall–Kier alpha value is -0.540. The van der Waals surface area contributed by atoms with Crippen LogP contribution in [0.15, 0.2) is 22.7 Å². The Morgan fingerprint density at radius 3 is 2.76 bits per heavy atom. The lowest BCUT2D eigenvalue weighted by atomic mass is 9.89. The Morgan fingerprint density at radius 1 is 1.35 bits per heavy atom. The summed E-state index contributed by atoms with van der Waals surface area (Å²) in [6, 6.07) is 5.56. The van der Waals surface area contributed by atoms with E-state index in [4.69, 9.17) is 0 Å². The number of aromatic hydroxyl groups is 1. The predicted molar refractivity (Wildman–Crippen MR) is 74.1 cm³/mol. The van der Waals surface area contributed by atoms with Gasteiger partial charge in [0.2, 0.25) is 0 Å². The van der Waals surface area contributed by atoms with Crippen molar-refractivity contribution in [1.82, 2.24) is 5.32 Å². The van der Waals surface area contributed by atoms with Gasteiger partial charge in [-0.1, -0.05) is 35.7 Å². The maximum Gasteiger partial charge on any atom is 0.120 e. The van der Waals surface area contributed by atoms with E-state index >= 15 is 0 Å². The van der Waals surface area contributed by atoms with Gasteiger partial charge >= 0.3 is 0 Å². The molecule has 0 amide bonds. The lowest BCUT2D eigenvalue weighted by Crippen LogP contribution is -2.29. The highest BCUT2D eigenvalue weighted by molar-refractivity contribution is 9.10. The molecule has 0 aliphatic heterocycles. The second kappa shape index (κ2) is 5.40. The van der Waals surface area contributed by atoms with Crippen molar-refractivity contribution in [2.75, 3.05) is 6.54 Å². The van der Waals surface area contributed by atoms with Gasteiger partial charge in [0.25, 0.3) is 0 Å². The van der Waals surface area contributed by atoms with Gasteiger partial charge < -0.3 is 10.4 Å². The third kappa shape index (κ3) is 3.46. The number of nitrogens with one attached hydrogen (secondary N) is 1. The van der Waals surface area contributed by atoms with Gasteiger partial charge in [-0.05, 0) is 36.5 Å². The number of rotatable bonds is 4. The summed E-state index contributed by atoms with van der Waals surface area (Å²) in [4.78, 5) is 0. The van der Waals surface area contributed by atoms with E-state index in [0.29, 0.717) is 11.2 Å². The third-order valence-corrected chi connectivity index (χ3v) is 4.21. The number of phenols is 1. The molecule has 1 aromatic rings. The fourth-order valence-electron chi connectivity index (χ4n) is 2.60. The first-order chi connectivity index (χ1) is 8.09. The number of phenolic OH excluding ortho intramolecular Hbond substituents is 1. The predicted octanol–water partition coefficient (Wildman–Crippen LogP) is 3.82. The first-order valence-corrected chi connectivity index (χ1v) is 7.06. The minimum Gasteiger partial charge on any atom is -0.508 e. The maximum absolute atomic E-state index is 9.73. The Kier molecular flexibility index (Phi) is 4.10. The Balaban J connectivity index is 1.87. The van der Waals surface area contributed by atoms with Gasteiger partial charge in [-0.2, -0.15) is 0 Å². The van der Waals surface area contributed by atoms with E-state index in [1.165, 1.54) is 25.7 Å². The molecule has 1 aromatic carbocycles. The molecule has 0 radical (unpaired) electrons. The van der Waals surface area contributed by atoms with Gasteiger partial charge in [0.15, 0.2) is 0 Å². The van der Waals surface area contributed by atoms with Gasteiger partial charge in [0, 0.05) is 23.1 Å². The molecule has 1 aliphatic carbocycles. The van der Waals surface area contributed by atoms with Gasteiger partial charge in [-0.15, -0.1) is 0 Å². The first kappa shape index (κ1) is 12.9. The molecular weight excluding hydrogens is 278 g/mol. The molecule has 94 valence electrons. The van der Waals surface area contributed by atoms with Crippen molar-refractivity contribution in [2.24, 2.45) is 5.41 Å². The standard InChI is InChI=1S/C14H20BrNO/c1-14(6-2-3-7-14)10-16-9-11-8-12(15)4-5-13(11)17/h4-5,8,16-17H,2-3,6-7,9-10H2,1H3. The van der Waals surface area contributed by atoms with Crippen LogP contribution >= 0.6 is 15.9 Å². The highest BCUT2D eigenvalue weighted by Gasteiger charge is 2.27.